The standard InChI is InChI=1S/C27H41N5O5S/c1-20-15-24(37-8)16-21(2)27(20)38(35,36)32(7)19-23(33)10-12-26(34)31(6)18-22-9-11-25(28-17-22)30(5)14-13-29(3)4/h9,11,15-17H,10,12-14,18-19H2,1-8H3. The number of carbonyl (C=O) groups is 2. The summed E-state index contributed by atoms with van der Waals surface area (Å²) in [5.74, 6) is 0.903. The van der Waals surface area contributed by atoms with Crippen molar-refractivity contribution in [3.05, 3.63) is 47.2 Å². The zero-order chi connectivity index (χ0) is 28.6. The molecule has 0 aliphatic carbocycles. The molecule has 11 heteroatoms. The lowest BCUT2D eigenvalue weighted by atomic mass is 10.1. The van der Waals surface area contributed by atoms with E-state index in [1.165, 1.54) is 14.2 Å². The molecule has 2 rings (SSSR count). The van der Waals surface area contributed by atoms with Crippen molar-refractivity contribution in [1.82, 2.24) is 19.1 Å². The highest BCUT2D eigenvalue weighted by Gasteiger charge is 2.27. The number of hydrogen-bond acceptors (Lipinski definition) is 8. The normalized spacial score (nSPS) is 11.6. The Morgan fingerprint density at radius 1 is 0.947 bits per heavy atom. The van der Waals surface area contributed by atoms with Gasteiger partial charge < -0.3 is 19.4 Å². The highest BCUT2D eigenvalue weighted by molar-refractivity contribution is 7.89. The first-order chi connectivity index (χ1) is 17.8. The summed E-state index contributed by atoms with van der Waals surface area (Å²) in [4.78, 5) is 35.6. The molecule has 38 heavy (non-hydrogen) atoms. The molecule has 2 aromatic rings. The van der Waals surface area contributed by atoms with Crippen LogP contribution in [0.25, 0.3) is 0 Å². The van der Waals surface area contributed by atoms with E-state index < -0.39 is 10.0 Å². The van der Waals surface area contributed by atoms with Crippen molar-refractivity contribution in [1.29, 1.82) is 0 Å². The van der Waals surface area contributed by atoms with Crippen molar-refractivity contribution in [2.45, 2.75) is 38.1 Å². The number of ether oxygens (including phenoxy) is 1. The highest BCUT2D eigenvalue weighted by atomic mass is 32.2. The van der Waals surface area contributed by atoms with Crippen LogP contribution in [0, 0.1) is 13.8 Å². The van der Waals surface area contributed by atoms with Crippen molar-refractivity contribution in [3.63, 3.8) is 0 Å². The maximum absolute atomic E-state index is 13.1. The number of ketones is 1. The summed E-state index contributed by atoms with van der Waals surface area (Å²) < 4.78 is 32.5. The van der Waals surface area contributed by atoms with E-state index in [-0.39, 0.29) is 36.0 Å². The number of carbonyl (C=O) groups excluding carboxylic acids is 2. The zero-order valence-corrected chi connectivity index (χ0v) is 24.6. The number of likely N-dealkylation sites (N-methyl/N-ethyl adjacent to an activating group) is 3. The summed E-state index contributed by atoms with van der Waals surface area (Å²) >= 11 is 0. The number of methoxy groups -OCH3 is 1. The molecule has 0 fully saturated rings. The number of aryl methyl sites for hydroxylation is 2. The Morgan fingerprint density at radius 2 is 1.58 bits per heavy atom. The second kappa shape index (κ2) is 13.7. The molecule has 0 atom stereocenters. The van der Waals surface area contributed by atoms with E-state index in [0.29, 0.717) is 23.4 Å². The number of aromatic nitrogens is 1. The summed E-state index contributed by atoms with van der Waals surface area (Å²) in [7, 11) is 6.72. The Bertz CT molecular complexity index is 1190. The van der Waals surface area contributed by atoms with E-state index in [1.54, 1.807) is 44.1 Å². The minimum atomic E-state index is -3.88. The molecule has 0 N–H and O–H groups in total. The van der Waals surface area contributed by atoms with Crippen LogP contribution in [-0.4, -0.2) is 101 Å². The molecule has 1 aromatic heterocycles. The van der Waals surface area contributed by atoms with Gasteiger partial charge in [-0.2, -0.15) is 4.31 Å². The van der Waals surface area contributed by atoms with Crippen LogP contribution in [0.1, 0.15) is 29.5 Å². The van der Waals surface area contributed by atoms with E-state index >= 15 is 0 Å². The zero-order valence-electron chi connectivity index (χ0n) is 23.8. The molecule has 0 saturated heterocycles. The molecule has 210 valence electrons. The van der Waals surface area contributed by atoms with Crippen LogP contribution in [0.15, 0.2) is 35.4 Å². The predicted molar refractivity (Wildman–Crippen MR) is 149 cm³/mol. The first-order valence-electron chi connectivity index (χ1n) is 12.4. The van der Waals surface area contributed by atoms with Crippen molar-refractivity contribution in [2.24, 2.45) is 0 Å². The lowest BCUT2D eigenvalue weighted by Crippen LogP contribution is -2.34. The Morgan fingerprint density at radius 3 is 2.11 bits per heavy atom. The second-order valence-corrected chi connectivity index (χ2v) is 11.9. The van der Waals surface area contributed by atoms with Crippen molar-refractivity contribution in [2.75, 3.05) is 66.9 Å². The van der Waals surface area contributed by atoms with Crippen LogP contribution >= 0.6 is 0 Å². The van der Waals surface area contributed by atoms with Gasteiger partial charge in [0.25, 0.3) is 0 Å². The molecule has 0 bridgehead atoms. The number of pyridine rings is 1. The van der Waals surface area contributed by atoms with Gasteiger partial charge in [0.05, 0.1) is 18.6 Å². The Hall–Kier alpha value is -3.02. The van der Waals surface area contributed by atoms with E-state index in [2.05, 4.69) is 14.8 Å². The molecule has 0 aliphatic heterocycles. The third-order valence-electron chi connectivity index (χ3n) is 6.28. The summed E-state index contributed by atoms with van der Waals surface area (Å²) in [5.41, 5.74) is 1.97. The van der Waals surface area contributed by atoms with Gasteiger partial charge in [0.2, 0.25) is 15.9 Å². The number of anilines is 1. The summed E-state index contributed by atoms with van der Waals surface area (Å²) in [6.45, 7) is 5.21. The van der Waals surface area contributed by atoms with Crippen LogP contribution in [0.5, 0.6) is 5.75 Å². The van der Waals surface area contributed by atoms with Crippen molar-refractivity contribution >= 4 is 27.5 Å². The number of amides is 1. The second-order valence-electron chi connectivity index (χ2n) is 9.89. The van der Waals surface area contributed by atoms with Gasteiger partial charge in [-0.25, -0.2) is 13.4 Å². The van der Waals surface area contributed by atoms with Gasteiger partial charge in [0, 0.05) is 59.8 Å². The molecule has 0 aliphatic rings. The van der Waals surface area contributed by atoms with Gasteiger partial charge in [0.15, 0.2) is 0 Å². The van der Waals surface area contributed by atoms with Gasteiger partial charge in [-0.15, -0.1) is 0 Å². The Labute approximate surface area is 227 Å². The molecule has 1 amide bonds. The summed E-state index contributed by atoms with van der Waals surface area (Å²) in [6.07, 6.45) is 1.71. The van der Waals surface area contributed by atoms with E-state index in [0.717, 1.165) is 28.8 Å². The molecule has 0 saturated carbocycles. The largest absolute Gasteiger partial charge is 0.497 e. The number of sulfonamides is 1. The van der Waals surface area contributed by atoms with Crippen LogP contribution in [0.4, 0.5) is 5.82 Å². The fourth-order valence-corrected chi connectivity index (χ4v) is 5.56. The quantitative estimate of drug-likeness (QED) is 0.355. The average Bonchev–Trinajstić information content (AvgIpc) is 2.85. The number of nitrogens with zero attached hydrogens (tertiary/aromatic N) is 5. The van der Waals surface area contributed by atoms with Gasteiger partial charge >= 0.3 is 0 Å². The first kappa shape index (κ1) is 31.2. The third kappa shape index (κ3) is 8.50. The molecule has 0 radical (unpaired) electrons. The third-order valence-corrected chi connectivity index (χ3v) is 8.39. The molecule has 10 nitrogen and oxygen atoms in total. The van der Waals surface area contributed by atoms with Gasteiger partial charge in [-0.05, 0) is 62.8 Å². The SMILES string of the molecule is COc1cc(C)c(S(=O)(=O)N(C)CC(=O)CCC(=O)N(C)Cc2ccc(N(C)CCN(C)C)nc2)c(C)c1. The minimum absolute atomic E-state index is 0.00258. The minimum Gasteiger partial charge on any atom is -0.497 e. The van der Waals surface area contributed by atoms with Gasteiger partial charge in [-0.3, -0.25) is 9.59 Å². The van der Waals surface area contributed by atoms with Crippen molar-refractivity contribution < 1.29 is 22.7 Å². The molecular weight excluding hydrogens is 506 g/mol. The fourth-order valence-electron chi connectivity index (χ4n) is 4.00. The van der Waals surface area contributed by atoms with Crippen LogP contribution in [-0.2, 0) is 26.2 Å². The number of rotatable bonds is 14. The molecule has 1 heterocycles. The van der Waals surface area contributed by atoms with Crippen LogP contribution in [0.3, 0.4) is 0 Å². The average molecular weight is 548 g/mol. The molecular formula is C27H41N5O5S. The topological polar surface area (TPSA) is 103 Å². The Balaban J connectivity index is 1.90. The first-order valence-corrected chi connectivity index (χ1v) is 13.9. The van der Waals surface area contributed by atoms with Crippen molar-refractivity contribution in [3.8, 4) is 5.75 Å². The van der Waals surface area contributed by atoms with Gasteiger partial charge in [-0.1, -0.05) is 6.07 Å². The molecule has 1 aromatic carbocycles. The fraction of sp³-hybridized carbons (Fsp3) is 0.519. The monoisotopic (exact) mass is 547 g/mol. The maximum atomic E-state index is 13.1. The number of benzene rings is 1. The Kier molecular flexibility index (Phi) is 11.2. The van der Waals surface area contributed by atoms with Crippen LogP contribution < -0.4 is 9.64 Å². The summed E-state index contributed by atoms with van der Waals surface area (Å²) in [5, 5.41) is 0. The number of Topliss-reactive ketones (excluding diaryl/α,β-unsaturated/α-hetero) is 1. The number of hydrogen-bond donors (Lipinski definition) is 0. The predicted octanol–water partition coefficient (Wildman–Crippen LogP) is 2.33. The highest BCUT2D eigenvalue weighted by Crippen LogP contribution is 2.27. The molecule has 0 spiro atoms. The van der Waals surface area contributed by atoms with E-state index in [9.17, 15) is 18.0 Å². The van der Waals surface area contributed by atoms with E-state index in [1.807, 2.05) is 33.3 Å². The molecule has 0 unspecified atom stereocenters. The lowest BCUT2D eigenvalue weighted by molar-refractivity contribution is -0.132. The van der Waals surface area contributed by atoms with Gasteiger partial charge in [0.1, 0.15) is 17.4 Å². The smallest absolute Gasteiger partial charge is 0.243 e. The van der Waals surface area contributed by atoms with Crippen LogP contribution in [0.2, 0.25) is 0 Å². The maximum Gasteiger partial charge on any atom is 0.243 e. The lowest BCUT2D eigenvalue weighted by Gasteiger charge is -2.21. The van der Waals surface area contributed by atoms with E-state index in [4.69, 9.17) is 4.74 Å². The summed E-state index contributed by atoms with van der Waals surface area (Å²) in [6, 6.07) is 7.16.